The number of esters is 2. The molecule has 2 N–H and O–H groups in total. The van der Waals surface area contributed by atoms with Gasteiger partial charge in [-0.25, -0.2) is 0 Å². The van der Waals surface area contributed by atoms with Gasteiger partial charge in [-0.3, -0.25) is 9.59 Å². The minimum absolute atomic E-state index is 0.000247. The number of carbonyl (C=O) groups is 2. The maximum Gasteiger partial charge on any atom is 0.306 e. The number of hydrogen-bond acceptors (Lipinski definition) is 6. The van der Waals surface area contributed by atoms with E-state index >= 15 is 0 Å². The number of nitrogens with one attached hydrogen (secondary N) is 2. The summed E-state index contributed by atoms with van der Waals surface area (Å²) in [7, 11) is 1.85. The molecule has 0 amide bonds. The van der Waals surface area contributed by atoms with Crippen molar-refractivity contribution in [3.63, 3.8) is 0 Å². The molecule has 7 nitrogen and oxygen atoms in total. The summed E-state index contributed by atoms with van der Waals surface area (Å²) in [6, 6.07) is 0. The molecule has 0 aliphatic carbocycles. The van der Waals surface area contributed by atoms with E-state index in [4.69, 9.17) is 21.7 Å². The third-order valence-electron chi connectivity index (χ3n) is 9.47. The van der Waals surface area contributed by atoms with Crippen molar-refractivity contribution < 1.29 is 19.1 Å². The molecule has 0 spiro atoms. The van der Waals surface area contributed by atoms with Crippen molar-refractivity contribution in [3.05, 3.63) is 0 Å². The highest BCUT2D eigenvalue weighted by Gasteiger charge is 2.15. The van der Waals surface area contributed by atoms with Gasteiger partial charge in [-0.1, -0.05) is 118 Å². The van der Waals surface area contributed by atoms with Gasteiger partial charge in [0.15, 0.2) is 5.11 Å². The van der Waals surface area contributed by atoms with Crippen LogP contribution in [0.5, 0.6) is 0 Å². The maximum atomic E-state index is 12.5. The standard InChI is InChI=1S/C41H81N3O4S/c1-6-10-13-21-30-37(27-9-4)47-39(45)31-22-16-14-18-24-34-44(36-26-33-43-41(49)42-5)35-25-19-15-17-23-32-40(46)48-38(28-12-8-3)29-20-11-7-2/h37-38H,6-36H2,1-5H3,(H2,42,43,49). The molecule has 0 rings (SSSR count). The normalized spacial score (nSPS) is 12.5. The SMILES string of the molecule is CCCCCCC(CCC)OC(=O)CCCCCCCN(CCCCCCCC(=O)OC(CCCC)CCCCC)CCCNC(=S)NC. The quantitative estimate of drug-likeness (QED) is 0.0378. The van der Waals surface area contributed by atoms with Crippen LogP contribution < -0.4 is 10.6 Å². The third kappa shape index (κ3) is 32.3. The van der Waals surface area contributed by atoms with E-state index in [0.717, 1.165) is 110 Å². The van der Waals surface area contributed by atoms with Crippen LogP contribution in [0.15, 0.2) is 0 Å². The van der Waals surface area contributed by atoms with Gasteiger partial charge in [0.1, 0.15) is 12.2 Å². The fourth-order valence-corrected chi connectivity index (χ4v) is 6.49. The van der Waals surface area contributed by atoms with Crippen LogP contribution in [0.4, 0.5) is 0 Å². The van der Waals surface area contributed by atoms with Crippen LogP contribution in [0.3, 0.4) is 0 Å². The molecule has 0 radical (unpaired) electrons. The predicted octanol–water partition coefficient (Wildman–Crippen LogP) is 10.8. The van der Waals surface area contributed by atoms with Crippen molar-refractivity contribution in [1.82, 2.24) is 15.5 Å². The lowest BCUT2D eigenvalue weighted by molar-refractivity contribution is -0.151. The molecule has 2 atom stereocenters. The Kier molecular flexibility index (Phi) is 35.3. The summed E-state index contributed by atoms with van der Waals surface area (Å²) in [4.78, 5) is 27.5. The number of carbonyl (C=O) groups excluding carboxylic acids is 2. The maximum absolute atomic E-state index is 12.5. The highest BCUT2D eigenvalue weighted by molar-refractivity contribution is 7.80. The minimum atomic E-state index is 0.000247. The topological polar surface area (TPSA) is 79.9 Å². The average Bonchev–Trinajstić information content (AvgIpc) is 3.09. The van der Waals surface area contributed by atoms with Gasteiger partial charge in [-0.2, -0.15) is 0 Å². The number of rotatable bonds is 36. The number of thiocarbonyl (C=S) groups is 1. The number of hydrogen-bond donors (Lipinski definition) is 2. The van der Waals surface area contributed by atoms with Crippen molar-refractivity contribution >= 4 is 29.3 Å². The lowest BCUT2D eigenvalue weighted by Crippen LogP contribution is -2.35. The first kappa shape index (κ1) is 47.6. The monoisotopic (exact) mass is 712 g/mol. The van der Waals surface area contributed by atoms with Gasteiger partial charge >= 0.3 is 11.9 Å². The Hall–Kier alpha value is -1.41. The molecular weight excluding hydrogens is 631 g/mol. The summed E-state index contributed by atoms with van der Waals surface area (Å²) in [6.07, 6.45) is 29.5. The smallest absolute Gasteiger partial charge is 0.306 e. The second-order valence-corrected chi connectivity index (χ2v) is 14.6. The van der Waals surface area contributed by atoms with Gasteiger partial charge < -0.3 is 25.0 Å². The molecule has 290 valence electrons. The van der Waals surface area contributed by atoms with Crippen LogP contribution >= 0.6 is 12.2 Å². The summed E-state index contributed by atoms with van der Waals surface area (Å²) >= 11 is 5.23. The van der Waals surface area contributed by atoms with E-state index in [9.17, 15) is 9.59 Å². The van der Waals surface area contributed by atoms with Crippen LogP contribution in [0.1, 0.15) is 201 Å². The summed E-state index contributed by atoms with van der Waals surface area (Å²) in [5, 5.41) is 6.97. The Morgan fingerprint density at radius 1 is 0.531 bits per heavy atom. The molecule has 0 aromatic rings. The van der Waals surface area contributed by atoms with Crippen LogP contribution in [0.25, 0.3) is 0 Å². The van der Waals surface area contributed by atoms with Crippen molar-refractivity contribution in [3.8, 4) is 0 Å². The third-order valence-corrected chi connectivity index (χ3v) is 9.82. The number of ether oxygens (including phenoxy) is 2. The van der Waals surface area contributed by atoms with Crippen LogP contribution in [-0.4, -0.2) is 67.4 Å². The van der Waals surface area contributed by atoms with Gasteiger partial charge in [0.25, 0.3) is 0 Å². The van der Waals surface area contributed by atoms with Crippen molar-refractivity contribution in [2.45, 2.75) is 213 Å². The molecule has 49 heavy (non-hydrogen) atoms. The van der Waals surface area contributed by atoms with Gasteiger partial charge in [-0.05, 0) is 102 Å². The molecule has 0 saturated carbocycles. The molecule has 0 aromatic heterocycles. The summed E-state index contributed by atoms with van der Waals surface area (Å²) < 4.78 is 11.7. The van der Waals surface area contributed by atoms with Crippen molar-refractivity contribution in [2.24, 2.45) is 0 Å². The van der Waals surface area contributed by atoms with Crippen LogP contribution in [-0.2, 0) is 19.1 Å². The zero-order chi connectivity index (χ0) is 36.2. The molecule has 0 heterocycles. The van der Waals surface area contributed by atoms with Crippen molar-refractivity contribution in [2.75, 3.05) is 33.2 Å². The average molecular weight is 712 g/mol. The summed E-state index contributed by atoms with van der Waals surface area (Å²) in [5.74, 6) is 0.00381. The van der Waals surface area contributed by atoms with E-state index in [1.54, 1.807) is 0 Å². The molecule has 0 aliphatic heterocycles. The molecule has 8 heteroatoms. The molecule has 0 fully saturated rings. The van der Waals surface area contributed by atoms with Crippen molar-refractivity contribution in [1.29, 1.82) is 0 Å². The number of unbranched alkanes of at least 4 members (excludes halogenated alkanes) is 14. The first-order valence-electron chi connectivity index (χ1n) is 21.0. The summed E-state index contributed by atoms with van der Waals surface area (Å²) in [5.41, 5.74) is 0. The van der Waals surface area contributed by atoms with E-state index in [2.05, 4.69) is 43.2 Å². The second-order valence-electron chi connectivity index (χ2n) is 14.2. The zero-order valence-corrected chi connectivity index (χ0v) is 33.9. The first-order valence-corrected chi connectivity index (χ1v) is 21.4. The van der Waals surface area contributed by atoms with E-state index in [0.29, 0.717) is 18.0 Å². The fourth-order valence-electron chi connectivity index (χ4n) is 6.39. The van der Waals surface area contributed by atoms with Gasteiger partial charge in [0.05, 0.1) is 0 Å². The zero-order valence-electron chi connectivity index (χ0n) is 33.1. The first-order chi connectivity index (χ1) is 23.9. The Labute approximate surface area is 309 Å². The molecular formula is C41H81N3O4S. The lowest BCUT2D eigenvalue weighted by atomic mass is 10.1. The summed E-state index contributed by atoms with van der Waals surface area (Å²) in [6.45, 7) is 13.0. The van der Waals surface area contributed by atoms with E-state index in [1.165, 1.54) is 77.0 Å². The van der Waals surface area contributed by atoms with E-state index in [1.807, 2.05) is 7.05 Å². The van der Waals surface area contributed by atoms with Crippen LogP contribution in [0, 0.1) is 0 Å². The molecule has 2 unspecified atom stereocenters. The van der Waals surface area contributed by atoms with Crippen LogP contribution in [0.2, 0.25) is 0 Å². The largest absolute Gasteiger partial charge is 0.462 e. The second kappa shape index (κ2) is 36.4. The fraction of sp³-hybridized carbons (Fsp3) is 0.927. The van der Waals surface area contributed by atoms with Gasteiger partial charge in [-0.15, -0.1) is 0 Å². The Bertz CT molecular complexity index is 769. The lowest BCUT2D eigenvalue weighted by Gasteiger charge is -2.22. The minimum Gasteiger partial charge on any atom is -0.462 e. The predicted molar refractivity (Wildman–Crippen MR) is 213 cm³/mol. The highest BCUT2D eigenvalue weighted by Crippen LogP contribution is 2.17. The van der Waals surface area contributed by atoms with Gasteiger partial charge in [0.2, 0.25) is 0 Å². The van der Waals surface area contributed by atoms with Gasteiger partial charge in [0, 0.05) is 26.4 Å². The number of nitrogens with zero attached hydrogens (tertiary/aromatic N) is 1. The molecule has 0 saturated heterocycles. The highest BCUT2D eigenvalue weighted by atomic mass is 32.1. The molecule has 0 aliphatic rings. The molecule has 0 bridgehead atoms. The Morgan fingerprint density at radius 3 is 1.49 bits per heavy atom. The Morgan fingerprint density at radius 2 is 0.959 bits per heavy atom. The van der Waals surface area contributed by atoms with E-state index < -0.39 is 0 Å². The molecule has 0 aromatic carbocycles. The van der Waals surface area contributed by atoms with E-state index in [-0.39, 0.29) is 24.1 Å². The Balaban J connectivity index is 4.30.